The Bertz CT molecular complexity index is 1410. The molecule has 0 atom stereocenters. The lowest BCUT2D eigenvalue weighted by atomic mass is 10.2. The molecule has 0 saturated heterocycles. The summed E-state index contributed by atoms with van der Waals surface area (Å²) < 4.78 is 8.25. The lowest BCUT2D eigenvalue weighted by Gasteiger charge is -2.03. The Hall–Kier alpha value is -4.86. The average Bonchev–Trinajstić information content (AvgIpc) is 3.92. The van der Waals surface area contributed by atoms with Gasteiger partial charge in [-0.15, -0.1) is 0 Å². The summed E-state index contributed by atoms with van der Waals surface area (Å²) in [5.74, 6) is 9.81. The summed E-state index contributed by atoms with van der Waals surface area (Å²) in [4.78, 5) is 34.0. The van der Waals surface area contributed by atoms with E-state index in [1.54, 1.807) is 0 Å². The van der Waals surface area contributed by atoms with Gasteiger partial charge >= 0.3 is 0 Å². The molecule has 6 rings (SSSR count). The number of rotatable bonds is 6. The van der Waals surface area contributed by atoms with Gasteiger partial charge in [-0.2, -0.15) is 15.1 Å². The van der Waals surface area contributed by atoms with Gasteiger partial charge in [0, 0.05) is 53.2 Å². The number of amidine groups is 4. The summed E-state index contributed by atoms with van der Waals surface area (Å²) in [7, 11) is 0. The third kappa shape index (κ3) is 19.0. The number of hydroxylamine groups is 2. The van der Waals surface area contributed by atoms with E-state index in [1.807, 2.05) is 27.7 Å². The first-order valence-electron chi connectivity index (χ1n) is 17.7. The molecule has 294 valence electrons. The second kappa shape index (κ2) is 23.7. The van der Waals surface area contributed by atoms with Crippen LogP contribution in [-0.2, 0) is 14.4 Å². The Kier molecular flexibility index (Phi) is 20.6. The maximum Gasteiger partial charge on any atom is 0.240 e. The largest absolute Gasteiger partial charge is 0.446 e. The van der Waals surface area contributed by atoms with E-state index in [9.17, 15) is 0 Å². The van der Waals surface area contributed by atoms with E-state index < -0.39 is 0 Å². The maximum atomic E-state index is 5.18. The lowest BCUT2D eigenvalue weighted by molar-refractivity contribution is 0.176. The molecule has 0 unspecified atom stereocenters. The molecule has 6 heterocycles. The lowest BCUT2D eigenvalue weighted by Crippen LogP contribution is -2.21. The molecule has 5 aliphatic rings. The van der Waals surface area contributed by atoms with E-state index in [2.05, 4.69) is 149 Å². The van der Waals surface area contributed by atoms with Gasteiger partial charge in [0.25, 0.3) is 0 Å². The predicted molar refractivity (Wildman–Crippen MR) is 221 cm³/mol. The van der Waals surface area contributed by atoms with Crippen LogP contribution in [-0.4, -0.2) is 57.5 Å². The first-order chi connectivity index (χ1) is 24.8. The summed E-state index contributed by atoms with van der Waals surface area (Å²) in [6.07, 6.45) is 1.52. The summed E-state index contributed by atoms with van der Waals surface area (Å²) in [6, 6.07) is 0. The van der Waals surface area contributed by atoms with Crippen molar-refractivity contribution in [2.24, 2.45) is 54.6 Å². The second-order valence-electron chi connectivity index (χ2n) is 13.8. The van der Waals surface area contributed by atoms with Crippen molar-refractivity contribution in [2.45, 2.75) is 89.0 Å². The molecule has 0 bridgehead atoms. The standard InChI is InChI=1S/C7H12N2.C7H11NO.2C6H10N2O.C6H10N2S.C5H9N3/c2*1-5(2)7-8-4-6(3)9-7;3*1-4(2)6-7-5(3)9-8-6;1-4(2)5-6-3-7-8-5/h5H,3-4H2,1-2H3,(H,8,9);5H,3-4H2,1-2H3;3*4H,3H2,1-2H3,(H,7,8);3-4H,1-2H3,(H,6,7,8). The van der Waals surface area contributed by atoms with Crippen molar-refractivity contribution in [1.82, 2.24) is 36.2 Å². The highest BCUT2D eigenvalue weighted by Crippen LogP contribution is 2.19. The quantitative estimate of drug-likeness (QED) is 0.182. The van der Waals surface area contributed by atoms with Crippen LogP contribution in [0.15, 0.2) is 92.4 Å². The van der Waals surface area contributed by atoms with Crippen LogP contribution in [0.25, 0.3) is 0 Å². The van der Waals surface area contributed by atoms with Crippen LogP contribution in [0.5, 0.6) is 0 Å². The fraction of sp³-hybridized carbons (Fsp3) is 0.541. The maximum absolute atomic E-state index is 5.18. The fourth-order valence-electron chi connectivity index (χ4n) is 3.55. The molecule has 5 aliphatic heterocycles. The highest BCUT2D eigenvalue weighted by Gasteiger charge is 2.15. The van der Waals surface area contributed by atoms with Gasteiger partial charge in [0.2, 0.25) is 11.8 Å². The van der Waals surface area contributed by atoms with Crippen LogP contribution in [0.2, 0.25) is 0 Å². The van der Waals surface area contributed by atoms with Crippen molar-refractivity contribution in [1.29, 1.82) is 0 Å². The van der Waals surface area contributed by atoms with Gasteiger partial charge in [0.05, 0.1) is 6.54 Å². The van der Waals surface area contributed by atoms with Gasteiger partial charge in [-0.25, -0.2) is 25.9 Å². The van der Waals surface area contributed by atoms with Crippen LogP contribution in [0.3, 0.4) is 0 Å². The summed E-state index contributed by atoms with van der Waals surface area (Å²) >= 11 is 1.49. The number of aliphatic imine (C=N–C) groups is 5. The van der Waals surface area contributed by atoms with Crippen molar-refractivity contribution in [3.63, 3.8) is 0 Å². The number of hydrogen-bond acceptors (Lipinski definition) is 15. The number of hydrogen-bond donors (Lipinski definition) is 5. The minimum Gasteiger partial charge on any atom is -0.446 e. The Morgan fingerprint density at radius 2 is 1.15 bits per heavy atom. The van der Waals surface area contributed by atoms with Crippen LogP contribution in [0.4, 0.5) is 0 Å². The first kappa shape index (κ1) is 46.2. The van der Waals surface area contributed by atoms with E-state index >= 15 is 0 Å². The number of nitrogens with zero attached hydrogens (tertiary/aromatic N) is 7. The molecular formula is C37H62N12O3S. The Balaban J connectivity index is 0.000000318. The van der Waals surface area contributed by atoms with Crippen molar-refractivity contribution in [2.75, 3.05) is 13.1 Å². The molecular weight excluding hydrogens is 693 g/mol. The van der Waals surface area contributed by atoms with Gasteiger partial charge in [-0.1, -0.05) is 103 Å². The molecule has 15 nitrogen and oxygen atoms in total. The molecule has 5 N–H and O–H groups in total. The average molecular weight is 755 g/mol. The molecule has 53 heavy (non-hydrogen) atoms. The van der Waals surface area contributed by atoms with Crippen molar-refractivity contribution in [3.8, 4) is 0 Å². The minimum absolute atomic E-state index is 0.379. The fourth-order valence-corrected chi connectivity index (χ4v) is 4.20. The van der Waals surface area contributed by atoms with E-state index in [-0.39, 0.29) is 0 Å². The Labute approximate surface area is 321 Å². The number of aromatic nitrogens is 3. The van der Waals surface area contributed by atoms with Gasteiger partial charge in [-0.05, 0) is 13.2 Å². The van der Waals surface area contributed by atoms with Crippen molar-refractivity contribution >= 4 is 41.2 Å². The molecule has 1 aromatic rings. The van der Waals surface area contributed by atoms with Crippen LogP contribution < -0.4 is 21.0 Å². The summed E-state index contributed by atoms with van der Waals surface area (Å²) in [6.45, 7) is 44.4. The molecule has 0 spiro atoms. The third-order valence-corrected chi connectivity index (χ3v) is 7.26. The highest BCUT2D eigenvalue weighted by molar-refractivity contribution is 8.02. The van der Waals surface area contributed by atoms with Crippen LogP contribution in [0, 0.1) is 29.6 Å². The minimum atomic E-state index is 0.379. The van der Waals surface area contributed by atoms with E-state index in [4.69, 9.17) is 14.4 Å². The molecule has 0 radical (unpaired) electrons. The third-order valence-electron chi connectivity index (χ3n) is 6.62. The normalized spacial score (nSPS) is 16.6. The first-order valence-corrected chi connectivity index (χ1v) is 18.5. The van der Waals surface area contributed by atoms with Gasteiger partial charge < -0.3 is 24.5 Å². The summed E-state index contributed by atoms with van der Waals surface area (Å²) in [5, 5.41) is 10.5. The number of H-pyrrole nitrogens is 1. The molecule has 0 aromatic carbocycles. The van der Waals surface area contributed by atoms with E-state index in [0.29, 0.717) is 53.8 Å². The van der Waals surface area contributed by atoms with Crippen molar-refractivity contribution < 1.29 is 14.4 Å². The van der Waals surface area contributed by atoms with Crippen LogP contribution >= 0.6 is 11.9 Å². The molecule has 0 saturated carbocycles. The van der Waals surface area contributed by atoms with Crippen LogP contribution in [0.1, 0.15) is 94.8 Å². The molecule has 0 aliphatic carbocycles. The second-order valence-corrected chi connectivity index (χ2v) is 14.7. The van der Waals surface area contributed by atoms with E-state index in [0.717, 1.165) is 58.1 Å². The molecule has 0 amide bonds. The van der Waals surface area contributed by atoms with E-state index in [1.165, 1.54) is 18.3 Å². The smallest absolute Gasteiger partial charge is 0.240 e. The van der Waals surface area contributed by atoms with Gasteiger partial charge in [0.1, 0.15) is 52.8 Å². The van der Waals surface area contributed by atoms with Gasteiger partial charge in [0.15, 0.2) is 5.90 Å². The zero-order valence-electron chi connectivity index (χ0n) is 33.8. The number of nitrogens with one attached hydrogen (secondary N) is 5. The zero-order chi connectivity index (χ0) is 40.2. The molecule has 1 aromatic heterocycles. The highest BCUT2D eigenvalue weighted by atomic mass is 32.2. The molecule has 16 heteroatoms. The Morgan fingerprint density at radius 1 is 0.623 bits per heavy atom. The SMILES string of the molecule is C=C1CN=C(C(C)C)N1.C=C1CN=C(C(C)C)O1.C=C1N=C(C(C)C)NO1.C=C1N=C(C(C)C)NO1.C=C1N=C(C(C)C)NS1.CC(C)c1ncn[nH]1. The zero-order valence-corrected chi connectivity index (χ0v) is 34.6. The Morgan fingerprint density at radius 3 is 1.34 bits per heavy atom. The molecule has 0 fully saturated rings. The summed E-state index contributed by atoms with van der Waals surface area (Å²) in [5.41, 5.74) is 6.33. The predicted octanol–water partition coefficient (Wildman–Crippen LogP) is 7.53. The van der Waals surface area contributed by atoms with Gasteiger partial charge in [-0.3, -0.25) is 10.1 Å². The topological polar surface area (TPSA) is 179 Å². The monoisotopic (exact) mass is 754 g/mol. The number of ether oxygens (including phenoxy) is 1. The van der Waals surface area contributed by atoms with Crippen molar-refractivity contribution in [3.05, 3.63) is 73.3 Å². The number of aromatic amines is 1.